The van der Waals surface area contributed by atoms with Gasteiger partial charge in [0.05, 0.1) is 6.54 Å². The van der Waals surface area contributed by atoms with Gasteiger partial charge in [-0.2, -0.15) is 0 Å². The molecule has 1 aromatic heterocycles. The standard InChI is InChI=1S/C16H23N3OS/c1-11(2)12-6-8-13(9-7-12)20-15-19-18-14(21-15)10-17-16(3,4)5/h6-9,11,17H,10H2,1-5H3. The van der Waals surface area contributed by atoms with Crippen molar-refractivity contribution in [3.63, 3.8) is 0 Å². The van der Waals surface area contributed by atoms with E-state index in [0.29, 0.717) is 17.7 Å². The second kappa shape index (κ2) is 6.54. The Labute approximate surface area is 130 Å². The summed E-state index contributed by atoms with van der Waals surface area (Å²) >= 11 is 1.47. The molecule has 0 fully saturated rings. The third-order valence-corrected chi connectivity index (χ3v) is 3.77. The highest BCUT2D eigenvalue weighted by atomic mass is 32.1. The van der Waals surface area contributed by atoms with Crippen molar-refractivity contribution in [3.8, 4) is 10.9 Å². The first kappa shape index (κ1) is 15.9. The van der Waals surface area contributed by atoms with Crippen LogP contribution in [-0.4, -0.2) is 15.7 Å². The number of hydrogen-bond acceptors (Lipinski definition) is 5. The van der Waals surface area contributed by atoms with Gasteiger partial charge in [-0.05, 0) is 44.4 Å². The van der Waals surface area contributed by atoms with Crippen molar-refractivity contribution in [1.29, 1.82) is 0 Å². The average molecular weight is 305 g/mol. The van der Waals surface area contributed by atoms with Crippen molar-refractivity contribution in [2.75, 3.05) is 0 Å². The molecule has 1 heterocycles. The quantitative estimate of drug-likeness (QED) is 0.892. The van der Waals surface area contributed by atoms with Gasteiger partial charge in [0.1, 0.15) is 10.8 Å². The van der Waals surface area contributed by atoms with Gasteiger partial charge in [0, 0.05) is 5.54 Å². The van der Waals surface area contributed by atoms with Gasteiger partial charge in [-0.15, -0.1) is 5.10 Å². The molecule has 2 aromatic rings. The minimum absolute atomic E-state index is 0.0688. The Morgan fingerprint density at radius 2 is 1.81 bits per heavy atom. The lowest BCUT2D eigenvalue weighted by molar-refractivity contribution is 0.423. The topological polar surface area (TPSA) is 47.0 Å². The number of rotatable bonds is 5. The van der Waals surface area contributed by atoms with Crippen LogP contribution in [0.25, 0.3) is 0 Å². The molecular formula is C16H23N3OS. The van der Waals surface area contributed by atoms with E-state index in [2.05, 4.69) is 62.3 Å². The smallest absolute Gasteiger partial charge is 0.299 e. The van der Waals surface area contributed by atoms with Gasteiger partial charge in [-0.3, -0.25) is 0 Å². The first-order valence-electron chi connectivity index (χ1n) is 7.19. The fourth-order valence-electron chi connectivity index (χ4n) is 1.71. The summed E-state index contributed by atoms with van der Waals surface area (Å²) in [4.78, 5) is 0. The van der Waals surface area contributed by atoms with Gasteiger partial charge in [0.2, 0.25) is 0 Å². The van der Waals surface area contributed by atoms with Crippen molar-refractivity contribution >= 4 is 11.3 Å². The van der Waals surface area contributed by atoms with E-state index in [4.69, 9.17) is 4.74 Å². The Morgan fingerprint density at radius 1 is 1.14 bits per heavy atom. The van der Waals surface area contributed by atoms with E-state index in [0.717, 1.165) is 10.8 Å². The van der Waals surface area contributed by atoms with Crippen LogP contribution >= 0.6 is 11.3 Å². The first-order valence-corrected chi connectivity index (χ1v) is 8.00. The summed E-state index contributed by atoms with van der Waals surface area (Å²) in [6.07, 6.45) is 0. The lowest BCUT2D eigenvalue weighted by atomic mass is 10.0. The maximum atomic E-state index is 5.74. The fourth-order valence-corrected chi connectivity index (χ4v) is 2.36. The van der Waals surface area contributed by atoms with E-state index in [1.165, 1.54) is 16.9 Å². The molecule has 2 rings (SSSR count). The monoisotopic (exact) mass is 305 g/mol. The number of ether oxygens (including phenoxy) is 1. The van der Waals surface area contributed by atoms with Crippen LogP contribution in [0.3, 0.4) is 0 Å². The van der Waals surface area contributed by atoms with E-state index in [9.17, 15) is 0 Å². The van der Waals surface area contributed by atoms with E-state index in [1.807, 2.05) is 12.1 Å². The van der Waals surface area contributed by atoms with Crippen molar-refractivity contribution in [2.45, 2.75) is 52.6 Å². The highest BCUT2D eigenvalue weighted by Crippen LogP contribution is 2.26. The highest BCUT2D eigenvalue weighted by Gasteiger charge is 2.12. The van der Waals surface area contributed by atoms with Gasteiger partial charge in [0.15, 0.2) is 0 Å². The molecule has 0 aliphatic carbocycles. The molecule has 0 unspecified atom stereocenters. The van der Waals surface area contributed by atoms with E-state index in [-0.39, 0.29) is 5.54 Å². The van der Waals surface area contributed by atoms with E-state index >= 15 is 0 Å². The van der Waals surface area contributed by atoms with Crippen LogP contribution in [0, 0.1) is 0 Å². The number of nitrogens with one attached hydrogen (secondary N) is 1. The van der Waals surface area contributed by atoms with E-state index < -0.39 is 0 Å². The summed E-state index contributed by atoms with van der Waals surface area (Å²) in [5.41, 5.74) is 1.37. The summed E-state index contributed by atoms with van der Waals surface area (Å²) in [7, 11) is 0. The SMILES string of the molecule is CC(C)c1ccc(Oc2nnc(CNC(C)(C)C)s2)cc1. The predicted molar refractivity (Wildman–Crippen MR) is 87.1 cm³/mol. The minimum atomic E-state index is 0.0688. The molecule has 1 aromatic carbocycles. The zero-order valence-corrected chi connectivity index (χ0v) is 14.1. The van der Waals surface area contributed by atoms with Crippen molar-refractivity contribution in [2.24, 2.45) is 0 Å². The maximum absolute atomic E-state index is 5.74. The molecule has 1 N–H and O–H groups in total. The normalized spacial score (nSPS) is 11.9. The van der Waals surface area contributed by atoms with Crippen LogP contribution in [-0.2, 0) is 6.54 Å². The Balaban J connectivity index is 1.96. The molecule has 0 aliphatic rings. The zero-order chi connectivity index (χ0) is 15.5. The second-order valence-corrected chi connectivity index (χ2v) is 7.42. The number of benzene rings is 1. The molecule has 21 heavy (non-hydrogen) atoms. The summed E-state index contributed by atoms with van der Waals surface area (Å²) in [5.74, 6) is 1.32. The molecule has 4 nitrogen and oxygen atoms in total. The lowest BCUT2D eigenvalue weighted by Gasteiger charge is -2.19. The molecule has 0 amide bonds. The summed E-state index contributed by atoms with van der Waals surface area (Å²) in [6, 6.07) is 8.12. The lowest BCUT2D eigenvalue weighted by Crippen LogP contribution is -2.35. The first-order chi connectivity index (χ1) is 9.83. The van der Waals surface area contributed by atoms with Crippen LogP contribution in [0.2, 0.25) is 0 Å². The molecule has 5 heteroatoms. The number of hydrogen-bond donors (Lipinski definition) is 1. The Kier molecular flexibility index (Phi) is 4.96. The Bertz CT molecular complexity index is 570. The molecule has 114 valence electrons. The summed E-state index contributed by atoms with van der Waals surface area (Å²) < 4.78 is 5.74. The molecule has 0 bridgehead atoms. The number of aromatic nitrogens is 2. The zero-order valence-electron chi connectivity index (χ0n) is 13.3. The van der Waals surface area contributed by atoms with E-state index in [1.54, 1.807) is 0 Å². The molecular weight excluding hydrogens is 282 g/mol. The van der Waals surface area contributed by atoms with Crippen molar-refractivity contribution in [1.82, 2.24) is 15.5 Å². The second-order valence-electron chi connectivity index (χ2n) is 6.39. The van der Waals surface area contributed by atoms with Gasteiger partial charge >= 0.3 is 0 Å². The fraction of sp³-hybridized carbons (Fsp3) is 0.500. The number of nitrogens with zero attached hydrogens (tertiary/aromatic N) is 2. The average Bonchev–Trinajstić information content (AvgIpc) is 2.84. The van der Waals surface area contributed by atoms with Crippen LogP contribution in [0.4, 0.5) is 0 Å². The third kappa shape index (κ3) is 5.10. The van der Waals surface area contributed by atoms with Gasteiger partial charge in [-0.25, -0.2) is 0 Å². The van der Waals surface area contributed by atoms with Crippen LogP contribution in [0.5, 0.6) is 10.9 Å². The van der Waals surface area contributed by atoms with Crippen LogP contribution in [0.1, 0.15) is 51.1 Å². The largest absolute Gasteiger partial charge is 0.430 e. The maximum Gasteiger partial charge on any atom is 0.299 e. The van der Waals surface area contributed by atoms with Crippen LogP contribution < -0.4 is 10.1 Å². The molecule has 0 spiro atoms. The Morgan fingerprint density at radius 3 is 2.38 bits per heavy atom. The third-order valence-electron chi connectivity index (χ3n) is 2.97. The molecule has 0 saturated heterocycles. The molecule has 0 radical (unpaired) electrons. The van der Waals surface area contributed by atoms with Crippen molar-refractivity contribution < 1.29 is 4.74 Å². The predicted octanol–water partition coefficient (Wildman–Crippen LogP) is 4.34. The Hall–Kier alpha value is -1.46. The van der Waals surface area contributed by atoms with Gasteiger partial charge in [0.25, 0.3) is 5.19 Å². The van der Waals surface area contributed by atoms with Gasteiger partial charge < -0.3 is 10.1 Å². The molecule has 0 saturated carbocycles. The minimum Gasteiger partial charge on any atom is -0.430 e. The molecule has 0 aliphatic heterocycles. The van der Waals surface area contributed by atoms with Gasteiger partial charge in [-0.1, -0.05) is 42.4 Å². The highest BCUT2D eigenvalue weighted by molar-refractivity contribution is 7.13. The summed E-state index contributed by atoms with van der Waals surface area (Å²) in [6.45, 7) is 11.4. The van der Waals surface area contributed by atoms with Crippen molar-refractivity contribution in [3.05, 3.63) is 34.8 Å². The molecule has 0 atom stereocenters. The van der Waals surface area contributed by atoms with Crippen LogP contribution in [0.15, 0.2) is 24.3 Å². The summed E-state index contributed by atoms with van der Waals surface area (Å²) in [5, 5.41) is 13.1.